The first-order valence-electron chi connectivity index (χ1n) is 10.1. The Bertz CT molecular complexity index is 551. The summed E-state index contributed by atoms with van der Waals surface area (Å²) in [5, 5.41) is 10.1. The maximum atomic E-state index is 10.1. The molecule has 1 N–H and O–H groups in total. The fourth-order valence-corrected chi connectivity index (χ4v) is 15.5. The minimum atomic E-state index is -2.21. The zero-order chi connectivity index (χ0) is 21.4. The molecule has 0 aliphatic carbocycles. The predicted octanol–water partition coefficient (Wildman–Crippen LogP) is 4.92. The molecule has 1 rings (SSSR count). The van der Waals surface area contributed by atoms with Gasteiger partial charge in [0.05, 0.1) is 6.61 Å². The van der Waals surface area contributed by atoms with Gasteiger partial charge in [0.2, 0.25) is 0 Å². The van der Waals surface area contributed by atoms with Crippen molar-refractivity contribution in [1.29, 1.82) is 0 Å². The van der Waals surface area contributed by atoms with E-state index in [1.54, 1.807) is 0 Å². The molecule has 28 heavy (non-hydrogen) atoms. The molecule has 0 saturated heterocycles. The van der Waals surface area contributed by atoms with Crippen LogP contribution in [0.1, 0.15) is 12.0 Å². The number of hydrogen-bond donors (Lipinski definition) is 1. The van der Waals surface area contributed by atoms with Crippen LogP contribution in [0, 0.1) is 6.92 Å². The summed E-state index contributed by atoms with van der Waals surface area (Å²) < 4.78 is 24.2. The van der Waals surface area contributed by atoms with E-state index in [1.165, 1.54) is 5.56 Å². The average Bonchev–Trinajstić information content (AvgIpc) is 2.50. The lowest BCUT2D eigenvalue weighted by molar-refractivity contribution is 0.0120. The molecular weight excluding hydrogens is 404 g/mol. The summed E-state index contributed by atoms with van der Waals surface area (Å²) in [6.07, 6.45) is 0.241. The molecular formula is C20H40O5Si3. The minimum absolute atomic E-state index is 0.229. The zero-order valence-corrected chi connectivity index (χ0v) is 22.0. The van der Waals surface area contributed by atoms with Crippen LogP contribution in [0.15, 0.2) is 24.3 Å². The fraction of sp³-hybridized carbons (Fsp3) is 0.700. The van der Waals surface area contributed by atoms with Gasteiger partial charge in [0.15, 0.2) is 16.6 Å². The van der Waals surface area contributed by atoms with E-state index in [2.05, 4.69) is 45.8 Å². The van der Waals surface area contributed by atoms with E-state index in [9.17, 15) is 5.11 Å². The molecule has 0 radical (unpaired) electrons. The van der Waals surface area contributed by atoms with Crippen LogP contribution < -0.4 is 4.74 Å². The Morgan fingerprint density at radius 3 is 1.89 bits per heavy atom. The zero-order valence-electron chi connectivity index (χ0n) is 19.0. The molecule has 0 fully saturated rings. The first kappa shape index (κ1) is 25.5. The number of ether oxygens (including phenoxy) is 2. The molecule has 0 aliphatic rings. The third kappa shape index (κ3) is 12.2. The molecule has 1 unspecified atom stereocenters. The van der Waals surface area contributed by atoms with Crippen LogP contribution in [-0.4, -0.2) is 56.2 Å². The second kappa shape index (κ2) is 11.1. The van der Waals surface area contributed by atoms with E-state index < -0.39 is 31.3 Å². The van der Waals surface area contributed by atoms with Crippen molar-refractivity contribution >= 4 is 25.2 Å². The van der Waals surface area contributed by atoms with Crippen LogP contribution in [0.2, 0.25) is 51.9 Å². The molecule has 1 aromatic rings. The van der Waals surface area contributed by atoms with Crippen molar-refractivity contribution in [2.45, 2.75) is 71.3 Å². The van der Waals surface area contributed by atoms with Crippen molar-refractivity contribution in [3.63, 3.8) is 0 Å². The number of aliphatic hydroxyl groups excluding tert-OH is 1. The van der Waals surface area contributed by atoms with Crippen molar-refractivity contribution < 1.29 is 22.8 Å². The van der Waals surface area contributed by atoms with Gasteiger partial charge in [-0.05, 0) is 77.4 Å². The van der Waals surface area contributed by atoms with E-state index in [0.29, 0.717) is 6.61 Å². The predicted molar refractivity (Wildman–Crippen MR) is 123 cm³/mol. The van der Waals surface area contributed by atoms with Crippen LogP contribution in [0.25, 0.3) is 0 Å². The topological polar surface area (TPSA) is 57.2 Å². The summed E-state index contributed by atoms with van der Waals surface area (Å²) in [5.74, 6) is 0.762. The average molecular weight is 445 g/mol. The fourth-order valence-electron chi connectivity index (χ4n) is 3.01. The van der Waals surface area contributed by atoms with Gasteiger partial charge in [0.1, 0.15) is 18.5 Å². The quantitative estimate of drug-likeness (QED) is 0.346. The van der Waals surface area contributed by atoms with Gasteiger partial charge in [-0.1, -0.05) is 17.7 Å². The van der Waals surface area contributed by atoms with Gasteiger partial charge in [-0.15, -0.1) is 0 Å². The Morgan fingerprint density at radius 1 is 0.857 bits per heavy atom. The third-order valence-corrected chi connectivity index (χ3v) is 13.4. The van der Waals surface area contributed by atoms with Crippen molar-refractivity contribution in [3.05, 3.63) is 29.8 Å². The molecule has 5 nitrogen and oxygen atoms in total. The van der Waals surface area contributed by atoms with Crippen molar-refractivity contribution in [3.8, 4) is 5.75 Å². The van der Waals surface area contributed by atoms with Gasteiger partial charge in [0.25, 0.3) is 0 Å². The normalized spacial score (nSPS) is 14.2. The number of rotatable bonds is 13. The standard InChI is InChI=1S/C20H40O5Si3/c1-18-10-12-20(13-11-18)23-17-19(21)16-22-14-9-15-28(8,24-26(2,3)4)25-27(5,6)7/h10-13,19,21H,9,14-17H2,1-8H3. The molecule has 8 heteroatoms. The largest absolute Gasteiger partial charge is 0.491 e. The van der Waals surface area contributed by atoms with E-state index in [0.717, 1.165) is 18.2 Å². The smallest absolute Gasteiger partial charge is 0.314 e. The monoisotopic (exact) mass is 444 g/mol. The highest BCUT2D eigenvalue weighted by Crippen LogP contribution is 2.25. The van der Waals surface area contributed by atoms with Gasteiger partial charge in [-0.3, -0.25) is 0 Å². The number of aliphatic hydroxyl groups is 1. The summed E-state index contributed by atoms with van der Waals surface area (Å²) >= 11 is 0. The lowest BCUT2D eigenvalue weighted by Gasteiger charge is -2.38. The highest BCUT2D eigenvalue weighted by atomic mass is 28.5. The lowest BCUT2D eigenvalue weighted by atomic mass is 10.2. The summed E-state index contributed by atoms with van der Waals surface area (Å²) in [4.78, 5) is 0. The van der Waals surface area contributed by atoms with Crippen LogP contribution in [0.4, 0.5) is 0 Å². The molecule has 1 atom stereocenters. The van der Waals surface area contributed by atoms with Gasteiger partial charge < -0.3 is 22.8 Å². The van der Waals surface area contributed by atoms with Gasteiger partial charge in [-0.25, -0.2) is 0 Å². The molecule has 0 bridgehead atoms. The number of benzene rings is 1. The Balaban J connectivity index is 2.33. The lowest BCUT2D eigenvalue weighted by Crippen LogP contribution is -2.52. The maximum Gasteiger partial charge on any atom is 0.314 e. The summed E-state index contributed by atoms with van der Waals surface area (Å²) in [6, 6.07) is 8.71. The minimum Gasteiger partial charge on any atom is -0.491 e. The van der Waals surface area contributed by atoms with Crippen molar-refractivity contribution in [2.75, 3.05) is 19.8 Å². The van der Waals surface area contributed by atoms with E-state index in [4.69, 9.17) is 17.7 Å². The van der Waals surface area contributed by atoms with Crippen molar-refractivity contribution in [2.24, 2.45) is 0 Å². The summed E-state index contributed by atoms with van der Waals surface area (Å²) in [7, 11) is -5.53. The SMILES string of the molecule is Cc1ccc(OCC(O)COCCC[Si](C)(O[Si](C)(C)C)O[Si](C)(C)C)cc1. The van der Waals surface area contributed by atoms with E-state index in [-0.39, 0.29) is 13.2 Å². The van der Waals surface area contributed by atoms with Crippen LogP contribution >= 0.6 is 0 Å². The molecule has 0 aliphatic heterocycles. The molecule has 0 spiro atoms. The molecule has 0 amide bonds. The van der Waals surface area contributed by atoms with Crippen LogP contribution in [-0.2, 0) is 13.0 Å². The van der Waals surface area contributed by atoms with E-state index >= 15 is 0 Å². The Labute approximate surface area is 174 Å². The van der Waals surface area contributed by atoms with Crippen molar-refractivity contribution in [1.82, 2.24) is 0 Å². The Kier molecular flexibility index (Phi) is 10.1. The van der Waals surface area contributed by atoms with Crippen LogP contribution in [0.5, 0.6) is 5.75 Å². The molecule has 0 saturated carbocycles. The highest BCUT2D eigenvalue weighted by molar-refractivity contribution is 6.87. The second-order valence-electron chi connectivity index (χ2n) is 9.52. The molecule has 0 heterocycles. The summed E-state index contributed by atoms with van der Waals surface area (Å²) in [6.45, 7) is 18.6. The Morgan fingerprint density at radius 2 is 1.39 bits per heavy atom. The number of hydrogen-bond acceptors (Lipinski definition) is 5. The molecule has 1 aromatic carbocycles. The molecule has 0 aromatic heterocycles. The summed E-state index contributed by atoms with van der Waals surface area (Å²) in [5.41, 5.74) is 1.18. The maximum absolute atomic E-state index is 10.1. The first-order chi connectivity index (χ1) is 12.8. The van der Waals surface area contributed by atoms with E-state index in [1.807, 2.05) is 31.2 Å². The first-order valence-corrected chi connectivity index (χ1v) is 19.5. The third-order valence-electron chi connectivity index (χ3n) is 3.74. The van der Waals surface area contributed by atoms with Gasteiger partial charge in [0, 0.05) is 6.61 Å². The highest BCUT2D eigenvalue weighted by Gasteiger charge is 2.39. The molecule has 162 valence electrons. The number of aryl methyl sites for hydroxylation is 1. The second-order valence-corrected chi connectivity index (χ2v) is 22.4. The van der Waals surface area contributed by atoms with Crippen LogP contribution in [0.3, 0.4) is 0 Å². The van der Waals surface area contributed by atoms with Gasteiger partial charge >= 0.3 is 8.56 Å². The Hall–Kier alpha value is -0.489. The van der Waals surface area contributed by atoms with Gasteiger partial charge in [-0.2, -0.15) is 0 Å².